The van der Waals surface area contributed by atoms with E-state index in [1.54, 1.807) is 12.1 Å². The van der Waals surface area contributed by atoms with Crippen molar-refractivity contribution in [2.75, 3.05) is 20.0 Å². The van der Waals surface area contributed by atoms with E-state index in [1.807, 2.05) is 0 Å². The molecule has 2 aromatic carbocycles. The molecule has 3 rings (SSSR count). The second kappa shape index (κ2) is 7.04. The van der Waals surface area contributed by atoms with Crippen LogP contribution in [0.3, 0.4) is 0 Å². The number of hydrogen-bond acceptors (Lipinski definition) is 5. The maximum Gasteiger partial charge on any atom is 0.259 e. The lowest BCUT2D eigenvalue weighted by molar-refractivity contribution is 0.0983. The number of nitrogens with two attached hydrogens (primary N) is 1. The summed E-state index contributed by atoms with van der Waals surface area (Å²) < 4.78 is 10.5. The molecule has 0 atom stereocenters. The molecule has 10 heteroatoms. The number of methoxy groups -OCH3 is 2. The molecule has 0 unspecified atom stereocenters. The lowest BCUT2D eigenvalue weighted by Crippen LogP contribution is -2.21. The second-order valence-corrected chi connectivity index (χ2v) is 6.70. The number of hydrogen-bond donors (Lipinski definition) is 2. The van der Waals surface area contributed by atoms with Crippen LogP contribution in [0.4, 0.5) is 11.4 Å². The van der Waals surface area contributed by atoms with E-state index in [9.17, 15) is 4.79 Å². The van der Waals surface area contributed by atoms with Crippen molar-refractivity contribution in [3.8, 4) is 11.5 Å². The van der Waals surface area contributed by atoms with Crippen LogP contribution in [0, 0.1) is 0 Å². The van der Waals surface area contributed by atoms with Crippen LogP contribution in [-0.2, 0) is 0 Å². The molecule has 1 heterocycles. The fraction of sp³-hybridized carbons (Fsp3) is 0.125. The summed E-state index contributed by atoms with van der Waals surface area (Å²) in [6.45, 7) is 0. The molecule has 0 saturated carbocycles. The highest BCUT2D eigenvalue weighted by atomic mass is 35.5. The summed E-state index contributed by atoms with van der Waals surface area (Å²) in [6.07, 6.45) is 0. The Kier molecular flexibility index (Phi) is 5.12. The number of carbonyl (C=O) groups excluding carboxylic acids is 1. The zero-order chi connectivity index (χ0) is 19.2. The minimum atomic E-state index is -0.495. The Morgan fingerprint density at radius 2 is 1.50 bits per heavy atom. The van der Waals surface area contributed by atoms with Gasteiger partial charge in [-0.05, 0) is 0 Å². The average molecular weight is 435 g/mol. The van der Waals surface area contributed by atoms with Crippen LogP contribution in [-0.4, -0.2) is 26.0 Å². The number of amidine groups is 1. The molecule has 0 radical (unpaired) electrons. The molecular formula is C16H11Cl4N3O3. The molecule has 3 N–H and O–H groups in total. The predicted octanol–water partition coefficient (Wildman–Crippen LogP) is 4.72. The maximum absolute atomic E-state index is 12.3. The minimum Gasteiger partial charge on any atom is -0.495 e. The van der Waals surface area contributed by atoms with E-state index in [-0.39, 0.29) is 37.1 Å². The van der Waals surface area contributed by atoms with Crippen molar-refractivity contribution in [3.63, 3.8) is 0 Å². The van der Waals surface area contributed by atoms with E-state index in [0.717, 1.165) is 0 Å². The van der Waals surface area contributed by atoms with Gasteiger partial charge in [-0.1, -0.05) is 46.4 Å². The predicted molar refractivity (Wildman–Crippen MR) is 104 cm³/mol. The minimum absolute atomic E-state index is 0.000202. The first kappa shape index (κ1) is 18.9. The summed E-state index contributed by atoms with van der Waals surface area (Å²) in [5.74, 6) is 0.430. The molecule has 0 fully saturated rings. The molecule has 1 aliphatic rings. The average Bonchev–Trinajstić information content (AvgIpc) is 2.95. The number of nitrogens with zero attached hydrogens (tertiary/aromatic N) is 1. The summed E-state index contributed by atoms with van der Waals surface area (Å²) >= 11 is 24.6. The molecular weight excluding hydrogens is 424 g/mol. The Balaban J connectivity index is 2.25. The Hall–Kier alpha value is -1.86. The van der Waals surface area contributed by atoms with Crippen LogP contribution >= 0.6 is 46.4 Å². The number of benzene rings is 2. The van der Waals surface area contributed by atoms with E-state index < -0.39 is 5.91 Å². The molecule has 0 aromatic heterocycles. The molecule has 136 valence electrons. The smallest absolute Gasteiger partial charge is 0.259 e. The summed E-state index contributed by atoms with van der Waals surface area (Å²) in [4.78, 5) is 16.7. The lowest BCUT2D eigenvalue weighted by atomic mass is 10.1. The second-order valence-electron chi connectivity index (χ2n) is 5.19. The Labute approximate surface area is 168 Å². The molecule has 6 nitrogen and oxygen atoms in total. The van der Waals surface area contributed by atoms with Crippen molar-refractivity contribution >= 4 is 69.5 Å². The van der Waals surface area contributed by atoms with Gasteiger partial charge >= 0.3 is 0 Å². The fourth-order valence-corrected chi connectivity index (χ4v) is 3.52. The normalized spacial score (nSPS) is 14.4. The largest absolute Gasteiger partial charge is 0.495 e. The molecule has 0 saturated heterocycles. The number of rotatable bonds is 3. The summed E-state index contributed by atoms with van der Waals surface area (Å²) in [6, 6.07) is 3.12. The Bertz CT molecular complexity index is 976. The van der Waals surface area contributed by atoms with E-state index in [4.69, 9.17) is 61.6 Å². The summed E-state index contributed by atoms with van der Waals surface area (Å²) in [5, 5.41) is 2.70. The first-order valence-corrected chi connectivity index (χ1v) is 8.59. The molecule has 2 aromatic rings. The van der Waals surface area contributed by atoms with Gasteiger partial charge in [0.15, 0.2) is 0 Å². The van der Waals surface area contributed by atoms with Crippen LogP contribution in [0.2, 0.25) is 20.1 Å². The van der Waals surface area contributed by atoms with Crippen molar-refractivity contribution in [3.05, 3.63) is 43.4 Å². The molecule has 0 bridgehead atoms. The zero-order valence-corrected chi connectivity index (χ0v) is 16.4. The number of halogens is 4. The lowest BCUT2D eigenvalue weighted by Gasteiger charge is -2.11. The molecule has 1 amide bonds. The van der Waals surface area contributed by atoms with Gasteiger partial charge in [0.1, 0.15) is 23.0 Å². The number of amides is 1. The van der Waals surface area contributed by atoms with Crippen molar-refractivity contribution in [1.29, 1.82) is 0 Å². The molecule has 1 aliphatic heterocycles. The number of aliphatic imine (C=N–C) groups is 1. The highest BCUT2D eigenvalue weighted by Crippen LogP contribution is 2.44. The summed E-state index contributed by atoms with van der Waals surface area (Å²) in [5.41, 5.74) is 6.97. The molecule has 0 aliphatic carbocycles. The van der Waals surface area contributed by atoms with E-state index >= 15 is 0 Å². The van der Waals surface area contributed by atoms with Gasteiger partial charge in [-0.25, -0.2) is 4.99 Å². The van der Waals surface area contributed by atoms with Crippen molar-refractivity contribution in [2.45, 2.75) is 0 Å². The van der Waals surface area contributed by atoms with Gasteiger partial charge < -0.3 is 20.5 Å². The first-order chi connectivity index (χ1) is 12.3. The quantitative estimate of drug-likeness (QED) is 0.415. The van der Waals surface area contributed by atoms with Gasteiger partial charge in [-0.15, -0.1) is 0 Å². The first-order valence-electron chi connectivity index (χ1n) is 7.08. The number of nitrogens with one attached hydrogen (secondary N) is 1. The molecule has 0 spiro atoms. The van der Waals surface area contributed by atoms with Gasteiger partial charge in [0.2, 0.25) is 0 Å². The van der Waals surface area contributed by atoms with Crippen LogP contribution in [0.25, 0.3) is 0 Å². The van der Waals surface area contributed by atoms with Crippen molar-refractivity contribution in [1.82, 2.24) is 5.32 Å². The Morgan fingerprint density at radius 1 is 0.923 bits per heavy atom. The van der Waals surface area contributed by atoms with Gasteiger partial charge in [-0.3, -0.25) is 4.79 Å². The van der Waals surface area contributed by atoms with E-state index in [0.29, 0.717) is 22.9 Å². The maximum atomic E-state index is 12.3. The third kappa shape index (κ3) is 2.93. The number of carbonyl (C=O) groups is 1. The van der Waals surface area contributed by atoms with Crippen LogP contribution in [0.15, 0.2) is 17.1 Å². The van der Waals surface area contributed by atoms with E-state index in [1.165, 1.54) is 14.2 Å². The van der Waals surface area contributed by atoms with Gasteiger partial charge in [0.25, 0.3) is 5.91 Å². The summed E-state index contributed by atoms with van der Waals surface area (Å²) in [7, 11) is 2.94. The third-order valence-corrected chi connectivity index (χ3v) is 5.53. The highest BCUT2D eigenvalue weighted by molar-refractivity contribution is 6.55. The zero-order valence-electron chi connectivity index (χ0n) is 13.4. The van der Waals surface area contributed by atoms with Gasteiger partial charge in [-0.2, -0.15) is 0 Å². The number of ether oxygens (including phenoxy) is 2. The van der Waals surface area contributed by atoms with Crippen LogP contribution < -0.4 is 20.5 Å². The number of fused-ring (bicyclic) bond motifs is 1. The fourth-order valence-electron chi connectivity index (χ4n) is 2.50. The standard InChI is InChI=1S/C16H11Cl4N3O3/c1-25-7-4-6(8(26-2)3-5(7)21)22-15-9-10(16(24)23-15)12(18)14(20)13(19)11(9)17/h3-4H,21H2,1-2H3,(H,22,23,24). The molecule has 26 heavy (non-hydrogen) atoms. The van der Waals surface area contributed by atoms with Crippen molar-refractivity contribution < 1.29 is 14.3 Å². The topological polar surface area (TPSA) is 85.9 Å². The van der Waals surface area contributed by atoms with Crippen LogP contribution in [0.1, 0.15) is 15.9 Å². The number of nitrogen functional groups attached to an aromatic ring is 1. The monoisotopic (exact) mass is 433 g/mol. The van der Waals surface area contributed by atoms with E-state index in [2.05, 4.69) is 10.3 Å². The van der Waals surface area contributed by atoms with Crippen LogP contribution in [0.5, 0.6) is 11.5 Å². The van der Waals surface area contributed by atoms with Crippen molar-refractivity contribution in [2.24, 2.45) is 4.99 Å². The number of anilines is 1. The van der Waals surface area contributed by atoms with Gasteiger partial charge in [0, 0.05) is 12.1 Å². The Morgan fingerprint density at radius 3 is 2.08 bits per heavy atom. The highest BCUT2D eigenvalue weighted by Gasteiger charge is 2.34. The third-order valence-electron chi connectivity index (χ3n) is 3.73. The van der Waals surface area contributed by atoms with Gasteiger partial charge in [0.05, 0.1) is 51.1 Å². The SMILES string of the molecule is COc1cc(N=C2NC(=O)c3c(Cl)c(Cl)c(Cl)c(Cl)c32)c(OC)cc1N.